The molecule has 122 valence electrons. The lowest BCUT2D eigenvalue weighted by Crippen LogP contribution is -2.25. The van der Waals surface area contributed by atoms with Crippen LogP contribution in [0.3, 0.4) is 0 Å². The van der Waals surface area contributed by atoms with Gasteiger partial charge in [-0.1, -0.05) is 12.1 Å². The van der Waals surface area contributed by atoms with Gasteiger partial charge in [-0.3, -0.25) is 9.48 Å². The molecule has 2 rings (SSSR count). The summed E-state index contributed by atoms with van der Waals surface area (Å²) in [6.45, 7) is 3.29. The van der Waals surface area contributed by atoms with E-state index in [-0.39, 0.29) is 5.91 Å². The van der Waals surface area contributed by atoms with Crippen LogP contribution < -0.4 is 4.74 Å². The molecule has 0 saturated carbocycles. The predicted molar refractivity (Wildman–Crippen MR) is 94.1 cm³/mol. The summed E-state index contributed by atoms with van der Waals surface area (Å²) in [5, 5.41) is 4.26. The first-order valence-corrected chi connectivity index (χ1v) is 8.11. The topological polar surface area (TPSA) is 47.4 Å². The minimum atomic E-state index is -0.0587. The highest BCUT2D eigenvalue weighted by atomic mass is 79.9. The first-order valence-electron chi connectivity index (χ1n) is 7.32. The van der Waals surface area contributed by atoms with Crippen LogP contribution in [0.4, 0.5) is 0 Å². The van der Waals surface area contributed by atoms with Crippen molar-refractivity contribution in [1.29, 1.82) is 0 Å². The van der Waals surface area contributed by atoms with Crippen LogP contribution >= 0.6 is 15.9 Å². The molecule has 0 aliphatic heterocycles. The standard InChI is InChI=1S/C17H20BrN3O2/c1-4-21-16(15(18)11-19-21)12-20(2)17(22)10-7-13-5-8-14(23-3)9-6-13/h5-11H,4,12H2,1-3H3/b10-7+. The Labute approximate surface area is 144 Å². The molecule has 2 aromatic rings. The third kappa shape index (κ3) is 4.45. The summed E-state index contributed by atoms with van der Waals surface area (Å²) in [7, 11) is 3.41. The molecule has 0 aliphatic rings. The molecule has 1 amide bonds. The first kappa shape index (κ1) is 17.3. The number of benzene rings is 1. The van der Waals surface area contributed by atoms with E-state index in [1.54, 1.807) is 37.4 Å². The number of hydrogen-bond acceptors (Lipinski definition) is 3. The van der Waals surface area contributed by atoms with E-state index in [1.165, 1.54) is 0 Å². The maximum absolute atomic E-state index is 12.2. The average molecular weight is 378 g/mol. The summed E-state index contributed by atoms with van der Waals surface area (Å²) in [6, 6.07) is 7.55. The van der Waals surface area contributed by atoms with Crippen molar-refractivity contribution in [1.82, 2.24) is 14.7 Å². The molecule has 0 fully saturated rings. The highest BCUT2D eigenvalue weighted by Crippen LogP contribution is 2.18. The molecule has 0 aliphatic carbocycles. The molecule has 5 nitrogen and oxygen atoms in total. The van der Waals surface area contributed by atoms with Gasteiger partial charge in [-0.05, 0) is 46.6 Å². The second kappa shape index (κ2) is 7.97. The minimum absolute atomic E-state index is 0.0587. The first-order chi connectivity index (χ1) is 11.0. The van der Waals surface area contributed by atoms with Gasteiger partial charge < -0.3 is 9.64 Å². The number of methoxy groups -OCH3 is 1. The van der Waals surface area contributed by atoms with E-state index in [0.717, 1.165) is 28.0 Å². The van der Waals surface area contributed by atoms with Gasteiger partial charge in [0.2, 0.25) is 5.91 Å². The van der Waals surface area contributed by atoms with Crippen LogP contribution in [0.1, 0.15) is 18.2 Å². The van der Waals surface area contributed by atoms with E-state index in [2.05, 4.69) is 21.0 Å². The molecule has 0 N–H and O–H groups in total. The second-order valence-corrected chi connectivity index (χ2v) is 5.91. The van der Waals surface area contributed by atoms with Crippen molar-refractivity contribution in [2.45, 2.75) is 20.0 Å². The number of halogens is 1. The number of carbonyl (C=O) groups is 1. The van der Waals surface area contributed by atoms with Gasteiger partial charge in [0, 0.05) is 19.7 Å². The van der Waals surface area contributed by atoms with Crippen LogP contribution in [0.5, 0.6) is 5.75 Å². The fourth-order valence-electron chi connectivity index (χ4n) is 2.13. The van der Waals surface area contributed by atoms with Crippen molar-refractivity contribution >= 4 is 27.9 Å². The smallest absolute Gasteiger partial charge is 0.246 e. The van der Waals surface area contributed by atoms with Crippen LogP contribution in [0.2, 0.25) is 0 Å². The zero-order valence-electron chi connectivity index (χ0n) is 13.5. The van der Waals surface area contributed by atoms with Crippen molar-refractivity contribution < 1.29 is 9.53 Å². The van der Waals surface area contributed by atoms with Crippen molar-refractivity contribution in [3.05, 3.63) is 52.3 Å². The Morgan fingerprint density at radius 3 is 2.70 bits per heavy atom. The maximum atomic E-state index is 12.2. The number of aromatic nitrogens is 2. The molecule has 1 aromatic carbocycles. The SMILES string of the molecule is CCn1ncc(Br)c1CN(C)C(=O)/C=C/c1ccc(OC)cc1. The van der Waals surface area contributed by atoms with Crippen molar-refractivity contribution in [3.8, 4) is 5.75 Å². The second-order valence-electron chi connectivity index (χ2n) is 5.06. The number of rotatable bonds is 6. The molecule has 0 spiro atoms. The Morgan fingerprint density at radius 1 is 1.39 bits per heavy atom. The van der Waals surface area contributed by atoms with E-state index < -0.39 is 0 Å². The van der Waals surface area contributed by atoms with E-state index in [9.17, 15) is 4.79 Å². The van der Waals surface area contributed by atoms with Crippen LogP contribution in [0.25, 0.3) is 6.08 Å². The monoisotopic (exact) mass is 377 g/mol. The third-order valence-electron chi connectivity index (χ3n) is 3.49. The zero-order chi connectivity index (χ0) is 16.8. The zero-order valence-corrected chi connectivity index (χ0v) is 15.1. The molecule has 1 aromatic heterocycles. The van der Waals surface area contributed by atoms with E-state index in [4.69, 9.17) is 4.74 Å². The van der Waals surface area contributed by atoms with Crippen molar-refractivity contribution in [2.75, 3.05) is 14.2 Å². The molecule has 0 unspecified atom stereocenters. The van der Waals surface area contributed by atoms with Crippen LogP contribution in [-0.2, 0) is 17.9 Å². The molecule has 0 saturated heterocycles. The number of ether oxygens (including phenoxy) is 1. The number of amides is 1. The molecule has 0 atom stereocenters. The molecule has 23 heavy (non-hydrogen) atoms. The summed E-state index contributed by atoms with van der Waals surface area (Å²) < 4.78 is 7.90. The van der Waals surface area contributed by atoms with Gasteiger partial charge in [0.1, 0.15) is 5.75 Å². The number of nitrogens with zero attached hydrogens (tertiary/aromatic N) is 3. The third-order valence-corrected chi connectivity index (χ3v) is 4.16. The molecule has 0 radical (unpaired) electrons. The summed E-state index contributed by atoms with van der Waals surface area (Å²) in [6.07, 6.45) is 5.12. The summed E-state index contributed by atoms with van der Waals surface area (Å²) in [5.74, 6) is 0.736. The average Bonchev–Trinajstić information content (AvgIpc) is 2.93. The Balaban J connectivity index is 2.01. The van der Waals surface area contributed by atoms with E-state index in [0.29, 0.717) is 6.54 Å². The highest BCUT2D eigenvalue weighted by Gasteiger charge is 2.12. The Bertz CT molecular complexity index is 692. The van der Waals surface area contributed by atoms with Gasteiger partial charge >= 0.3 is 0 Å². The van der Waals surface area contributed by atoms with Gasteiger partial charge in [0.15, 0.2) is 0 Å². The van der Waals surface area contributed by atoms with Gasteiger partial charge in [0.05, 0.1) is 30.0 Å². The molecule has 6 heteroatoms. The number of hydrogen-bond donors (Lipinski definition) is 0. The number of likely N-dealkylation sites (N-methyl/N-ethyl adjacent to an activating group) is 1. The summed E-state index contributed by atoms with van der Waals surface area (Å²) in [5.41, 5.74) is 1.94. The fourth-order valence-corrected chi connectivity index (χ4v) is 2.55. The lowest BCUT2D eigenvalue weighted by Gasteiger charge is -2.16. The summed E-state index contributed by atoms with van der Waals surface area (Å²) in [4.78, 5) is 13.9. The van der Waals surface area contributed by atoms with E-state index in [1.807, 2.05) is 35.9 Å². The maximum Gasteiger partial charge on any atom is 0.246 e. The number of aryl methyl sites for hydroxylation is 1. The van der Waals surface area contributed by atoms with Gasteiger partial charge in [-0.25, -0.2) is 0 Å². The van der Waals surface area contributed by atoms with Crippen molar-refractivity contribution in [3.63, 3.8) is 0 Å². The molecule has 0 bridgehead atoms. The van der Waals surface area contributed by atoms with Crippen LogP contribution in [0, 0.1) is 0 Å². The molecular weight excluding hydrogens is 358 g/mol. The lowest BCUT2D eigenvalue weighted by molar-refractivity contribution is -0.125. The van der Waals surface area contributed by atoms with E-state index >= 15 is 0 Å². The molecular formula is C17H20BrN3O2. The number of carbonyl (C=O) groups excluding carboxylic acids is 1. The van der Waals surface area contributed by atoms with Gasteiger partial charge in [-0.2, -0.15) is 5.10 Å². The lowest BCUT2D eigenvalue weighted by atomic mass is 10.2. The normalized spacial score (nSPS) is 11.0. The fraction of sp³-hybridized carbons (Fsp3) is 0.294. The summed E-state index contributed by atoms with van der Waals surface area (Å²) >= 11 is 3.47. The largest absolute Gasteiger partial charge is 0.497 e. The minimum Gasteiger partial charge on any atom is -0.497 e. The van der Waals surface area contributed by atoms with Crippen LogP contribution in [0.15, 0.2) is 41.0 Å². The Hall–Kier alpha value is -2.08. The quantitative estimate of drug-likeness (QED) is 0.725. The van der Waals surface area contributed by atoms with Gasteiger partial charge in [-0.15, -0.1) is 0 Å². The Morgan fingerprint density at radius 2 is 2.09 bits per heavy atom. The van der Waals surface area contributed by atoms with Crippen molar-refractivity contribution in [2.24, 2.45) is 0 Å². The predicted octanol–water partition coefficient (Wildman–Crippen LogP) is 3.35. The van der Waals surface area contributed by atoms with Crippen LogP contribution in [-0.4, -0.2) is 34.7 Å². The van der Waals surface area contributed by atoms with Gasteiger partial charge in [0.25, 0.3) is 0 Å². The Kier molecular flexibility index (Phi) is 5.98. The highest BCUT2D eigenvalue weighted by molar-refractivity contribution is 9.10. The molecule has 1 heterocycles.